The van der Waals surface area contributed by atoms with E-state index in [0.29, 0.717) is 17.2 Å². The first-order valence-corrected chi connectivity index (χ1v) is 6.66. The summed E-state index contributed by atoms with van der Waals surface area (Å²) in [6.07, 6.45) is 0. The molecule has 0 atom stereocenters. The number of esters is 1. The zero-order valence-corrected chi connectivity index (χ0v) is 12.9. The van der Waals surface area contributed by atoms with Crippen LogP contribution in [-0.2, 0) is 9.53 Å². The molecule has 0 aliphatic carbocycles. The average Bonchev–Trinajstić information content (AvgIpc) is 2.96. The Kier molecular flexibility index (Phi) is 5.19. The van der Waals surface area contributed by atoms with Crippen molar-refractivity contribution in [1.82, 2.24) is 5.16 Å². The van der Waals surface area contributed by atoms with Gasteiger partial charge in [0.2, 0.25) is 5.88 Å². The Hall–Kier alpha value is -3.03. The number of nitrogens with one attached hydrogen (secondary N) is 1. The van der Waals surface area contributed by atoms with E-state index in [9.17, 15) is 9.59 Å². The predicted octanol–water partition coefficient (Wildman–Crippen LogP) is 1.80. The molecule has 0 radical (unpaired) electrons. The van der Waals surface area contributed by atoms with E-state index >= 15 is 0 Å². The highest BCUT2D eigenvalue weighted by Gasteiger charge is 2.16. The normalized spacial score (nSPS) is 10.0. The van der Waals surface area contributed by atoms with Gasteiger partial charge >= 0.3 is 5.97 Å². The van der Waals surface area contributed by atoms with E-state index in [-0.39, 0.29) is 11.4 Å². The number of carbonyl (C=O) groups excluding carboxylic acids is 2. The van der Waals surface area contributed by atoms with Crippen LogP contribution in [0.5, 0.6) is 11.5 Å². The summed E-state index contributed by atoms with van der Waals surface area (Å²) in [5.74, 6) is -0.210. The molecule has 0 aliphatic rings. The molecule has 1 aromatic heterocycles. The fourth-order valence-electron chi connectivity index (χ4n) is 1.77. The maximum Gasteiger partial charge on any atom is 0.342 e. The van der Waals surface area contributed by atoms with Crippen LogP contribution in [0.4, 0.5) is 5.88 Å². The number of hydrogen-bond donors (Lipinski definition) is 1. The van der Waals surface area contributed by atoms with Crippen LogP contribution in [0.2, 0.25) is 0 Å². The lowest BCUT2D eigenvalue weighted by atomic mass is 10.2. The van der Waals surface area contributed by atoms with Crippen LogP contribution in [0.15, 0.2) is 28.8 Å². The Morgan fingerprint density at radius 3 is 2.61 bits per heavy atom. The van der Waals surface area contributed by atoms with Crippen molar-refractivity contribution in [2.45, 2.75) is 6.92 Å². The van der Waals surface area contributed by atoms with Crippen LogP contribution >= 0.6 is 0 Å². The molecule has 0 fully saturated rings. The lowest BCUT2D eigenvalue weighted by Crippen LogP contribution is -2.21. The predicted molar refractivity (Wildman–Crippen MR) is 79.7 cm³/mol. The van der Waals surface area contributed by atoms with E-state index in [0.717, 1.165) is 0 Å². The fourth-order valence-corrected chi connectivity index (χ4v) is 1.77. The van der Waals surface area contributed by atoms with Crippen LogP contribution in [-0.4, -0.2) is 37.9 Å². The second-order valence-corrected chi connectivity index (χ2v) is 4.52. The van der Waals surface area contributed by atoms with Gasteiger partial charge in [0.1, 0.15) is 17.1 Å². The standard InChI is InChI=1S/C15H16N2O6/c1-9-6-14(23-17-9)16-13(18)8-22-15(19)11-5-4-10(20-2)7-12(11)21-3/h4-7H,8H2,1-3H3,(H,16,18). The molecule has 0 spiro atoms. The number of methoxy groups -OCH3 is 2. The van der Waals surface area contributed by atoms with Crippen LogP contribution in [0.3, 0.4) is 0 Å². The summed E-state index contributed by atoms with van der Waals surface area (Å²) in [5, 5.41) is 6.05. The van der Waals surface area contributed by atoms with Gasteiger partial charge in [0, 0.05) is 12.1 Å². The molecular weight excluding hydrogens is 304 g/mol. The maximum absolute atomic E-state index is 12.0. The molecule has 2 aromatic rings. The van der Waals surface area contributed by atoms with Gasteiger partial charge in [0.15, 0.2) is 6.61 Å². The highest BCUT2D eigenvalue weighted by atomic mass is 16.5. The van der Waals surface area contributed by atoms with Crippen molar-refractivity contribution in [3.8, 4) is 11.5 Å². The molecule has 0 unspecified atom stereocenters. The van der Waals surface area contributed by atoms with E-state index < -0.39 is 18.5 Å². The third-order valence-electron chi connectivity index (χ3n) is 2.85. The first-order valence-electron chi connectivity index (χ1n) is 6.66. The minimum Gasteiger partial charge on any atom is -0.497 e. The molecule has 8 nitrogen and oxygen atoms in total. The second-order valence-electron chi connectivity index (χ2n) is 4.52. The van der Waals surface area contributed by atoms with E-state index in [1.807, 2.05) is 0 Å². The molecule has 1 N–H and O–H groups in total. The van der Waals surface area contributed by atoms with Gasteiger partial charge in [-0.05, 0) is 19.1 Å². The number of ether oxygens (including phenoxy) is 3. The second kappa shape index (κ2) is 7.30. The van der Waals surface area contributed by atoms with Crippen LogP contribution in [0.1, 0.15) is 16.1 Å². The molecule has 122 valence electrons. The highest BCUT2D eigenvalue weighted by Crippen LogP contribution is 2.25. The smallest absolute Gasteiger partial charge is 0.342 e. The van der Waals surface area contributed by atoms with Crippen LogP contribution in [0, 0.1) is 6.92 Å². The summed E-state index contributed by atoms with van der Waals surface area (Å²) >= 11 is 0. The Balaban J connectivity index is 1.95. The minimum absolute atomic E-state index is 0.186. The van der Waals surface area contributed by atoms with Gasteiger partial charge in [-0.3, -0.25) is 10.1 Å². The van der Waals surface area contributed by atoms with Crippen LogP contribution < -0.4 is 14.8 Å². The average molecular weight is 320 g/mol. The van der Waals surface area contributed by atoms with Crippen molar-refractivity contribution in [2.24, 2.45) is 0 Å². The Morgan fingerprint density at radius 2 is 2.00 bits per heavy atom. The summed E-state index contributed by atoms with van der Waals surface area (Å²) in [4.78, 5) is 23.7. The molecule has 8 heteroatoms. The van der Waals surface area contributed by atoms with E-state index in [2.05, 4.69) is 10.5 Å². The number of aryl methyl sites for hydroxylation is 1. The fraction of sp³-hybridized carbons (Fsp3) is 0.267. The zero-order chi connectivity index (χ0) is 16.8. The van der Waals surface area contributed by atoms with Gasteiger partial charge in [0.05, 0.1) is 19.9 Å². The number of hydrogen-bond acceptors (Lipinski definition) is 7. The summed E-state index contributed by atoms with van der Waals surface area (Å²) in [6, 6.07) is 6.19. The van der Waals surface area contributed by atoms with Gasteiger partial charge in [0.25, 0.3) is 5.91 Å². The number of aromatic nitrogens is 1. The topological polar surface area (TPSA) is 99.9 Å². The van der Waals surface area contributed by atoms with Crippen LogP contribution in [0.25, 0.3) is 0 Å². The molecule has 1 heterocycles. The van der Waals surface area contributed by atoms with Crippen molar-refractivity contribution in [2.75, 3.05) is 26.1 Å². The largest absolute Gasteiger partial charge is 0.497 e. The Labute approximate surface area is 132 Å². The number of amides is 1. The molecule has 0 aliphatic heterocycles. The molecule has 1 amide bonds. The molecule has 0 saturated heterocycles. The quantitative estimate of drug-likeness (QED) is 0.810. The number of benzene rings is 1. The first-order chi connectivity index (χ1) is 11.0. The minimum atomic E-state index is -0.687. The number of nitrogens with zero attached hydrogens (tertiary/aromatic N) is 1. The van der Waals surface area contributed by atoms with Crippen molar-refractivity contribution in [1.29, 1.82) is 0 Å². The molecule has 23 heavy (non-hydrogen) atoms. The molecule has 1 aromatic carbocycles. The van der Waals surface area contributed by atoms with Gasteiger partial charge < -0.3 is 18.7 Å². The Bertz CT molecular complexity index is 710. The van der Waals surface area contributed by atoms with Crippen molar-refractivity contribution < 1.29 is 28.3 Å². The lowest BCUT2D eigenvalue weighted by molar-refractivity contribution is -0.119. The van der Waals surface area contributed by atoms with E-state index in [1.165, 1.54) is 20.3 Å². The molecule has 2 rings (SSSR count). The molecular formula is C15H16N2O6. The lowest BCUT2D eigenvalue weighted by Gasteiger charge is -2.10. The number of anilines is 1. The zero-order valence-electron chi connectivity index (χ0n) is 12.9. The first kappa shape index (κ1) is 16.3. The van der Waals surface area contributed by atoms with Gasteiger partial charge in [-0.2, -0.15) is 0 Å². The highest BCUT2D eigenvalue weighted by molar-refractivity contribution is 5.96. The van der Waals surface area contributed by atoms with Crippen molar-refractivity contribution in [3.05, 3.63) is 35.5 Å². The summed E-state index contributed by atoms with van der Waals surface area (Å²) in [6.45, 7) is 1.25. The molecule has 0 saturated carbocycles. The van der Waals surface area contributed by atoms with E-state index in [1.54, 1.807) is 25.1 Å². The number of rotatable bonds is 6. The van der Waals surface area contributed by atoms with Crippen molar-refractivity contribution in [3.63, 3.8) is 0 Å². The van der Waals surface area contributed by atoms with Crippen molar-refractivity contribution >= 4 is 17.8 Å². The summed E-state index contributed by atoms with van der Waals surface area (Å²) in [5.41, 5.74) is 0.817. The SMILES string of the molecule is COc1ccc(C(=O)OCC(=O)Nc2cc(C)no2)c(OC)c1. The summed E-state index contributed by atoms with van der Waals surface area (Å²) in [7, 11) is 2.92. The van der Waals surface area contributed by atoms with Gasteiger partial charge in [-0.15, -0.1) is 0 Å². The molecule has 0 bridgehead atoms. The summed E-state index contributed by atoms with van der Waals surface area (Å²) < 4.78 is 19.9. The maximum atomic E-state index is 12.0. The van der Waals surface area contributed by atoms with Gasteiger partial charge in [-0.1, -0.05) is 5.16 Å². The number of carbonyl (C=O) groups is 2. The third kappa shape index (κ3) is 4.22. The third-order valence-corrected chi connectivity index (χ3v) is 2.85. The monoisotopic (exact) mass is 320 g/mol. The van der Waals surface area contributed by atoms with E-state index in [4.69, 9.17) is 18.7 Å². The van der Waals surface area contributed by atoms with Gasteiger partial charge in [-0.25, -0.2) is 4.79 Å². The Morgan fingerprint density at radius 1 is 1.22 bits per heavy atom.